The van der Waals surface area contributed by atoms with E-state index in [1.54, 1.807) is 7.11 Å². The van der Waals surface area contributed by atoms with Crippen LogP contribution in [0.25, 0.3) is 10.9 Å². The average Bonchev–Trinajstić information content (AvgIpc) is 2.50. The van der Waals surface area contributed by atoms with E-state index in [9.17, 15) is 0 Å². The van der Waals surface area contributed by atoms with Crippen LogP contribution >= 0.6 is 0 Å². The van der Waals surface area contributed by atoms with Gasteiger partial charge >= 0.3 is 0 Å². The van der Waals surface area contributed by atoms with E-state index in [1.807, 2.05) is 12.3 Å². The highest BCUT2D eigenvalue weighted by atomic mass is 16.5. The van der Waals surface area contributed by atoms with E-state index >= 15 is 0 Å². The number of pyridine rings is 1. The molecule has 0 saturated heterocycles. The van der Waals surface area contributed by atoms with Crippen molar-refractivity contribution in [1.82, 2.24) is 10.3 Å². The fourth-order valence-corrected chi connectivity index (χ4v) is 2.08. The van der Waals surface area contributed by atoms with E-state index in [-0.39, 0.29) is 0 Å². The monoisotopic (exact) mass is 274 g/mol. The molecule has 0 aliphatic rings. The van der Waals surface area contributed by atoms with Crippen molar-refractivity contribution in [3.8, 4) is 0 Å². The van der Waals surface area contributed by atoms with Crippen molar-refractivity contribution < 1.29 is 9.47 Å². The van der Waals surface area contributed by atoms with Crippen LogP contribution in [0.3, 0.4) is 0 Å². The van der Waals surface area contributed by atoms with E-state index in [4.69, 9.17) is 9.47 Å². The molecule has 0 unspecified atom stereocenters. The number of methoxy groups -OCH3 is 1. The molecule has 0 bridgehead atoms. The summed E-state index contributed by atoms with van der Waals surface area (Å²) < 4.78 is 10.3. The molecule has 0 radical (unpaired) electrons. The first kappa shape index (κ1) is 14.9. The largest absolute Gasteiger partial charge is 0.382 e. The summed E-state index contributed by atoms with van der Waals surface area (Å²) in [6.45, 7) is 3.88. The van der Waals surface area contributed by atoms with Crippen molar-refractivity contribution in [2.45, 2.75) is 13.0 Å². The van der Waals surface area contributed by atoms with Crippen molar-refractivity contribution >= 4 is 10.9 Å². The smallest absolute Gasteiger partial charge is 0.0746 e. The molecule has 0 spiro atoms. The Bertz CT molecular complexity index is 511. The van der Waals surface area contributed by atoms with Crippen molar-refractivity contribution in [3.05, 3.63) is 42.1 Å². The highest BCUT2D eigenvalue weighted by Crippen LogP contribution is 2.15. The Morgan fingerprint density at radius 1 is 1.10 bits per heavy atom. The number of nitrogens with one attached hydrogen (secondary N) is 1. The highest BCUT2D eigenvalue weighted by molar-refractivity contribution is 5.81. The first-order valence-electron chi connectivity index (χ1n) is 7.02. The number of hydrogen-bond acceptors (Lipinski definition) is 4. The van der Waals surface area contributed by atoms with Crippen molar-refractivity contribution in [2.75, 3.05) is 33.5 Å². The standard InChI is InChI=1S/C16H22N2O2/c1-19-11-12-20-10-4-8-17-13-15-6-2-5-14-7-3-9-18-16(14)15/h2-3,5-7,9,17H,4,8,10-13H2,1H3. The van der Waals surface area contributed by atoms with Crippen molar-refractivity contribution in [3.63, 3.8) is 0 Å². The predicted molar refractivity (Wildman–Crippen MR) is 80.8 cm³/mol. The summed E-state index contributed by atoms with van der Waals surface area (Å²) in [5, 5.41) is 4.62. The van der Waals surface area contributed by atoms with Gasteiger partial charge in [0.2, 0.25) is 0 Å². The zero-order chi connectivity index (χ0) is 14.0. The van der Waals surface area contributed by atoms with Gasteiger partial charge in [0.1, 0.15) is 0 Å². The summed E-state index contributed by atoms with van der Waals surface area (Å²) >= 11 is 0. The van der Waals surface area contributed by atoms with Crippen LogP contribution in [0.5, 0.6) is 0 Å². The van der Waals surface area contributed by atoms with Crippen LogP contribution < -0.4 is 5.32 Å². The van der Waals surface area contributed by atoms with Crippen molar-refractivity contribution in [2.24, 2.45) is 0 Å². The number of nitrogens with zero attached hydrogens (tertiary/aromatic N) is 1. The number of para-hydroxylation sites is 1. The maximum atomic E-state index is 5.42. The van der Waals surface area contributed by atoms with Gasteiger partial charge in [0, 0.05) is 31.8 Å². The van der Waals surface area contributed by atoms with E-state index in [0.29, 0.717) is 13.2 Å². The minimum absolute atomic E-state index is 0.662. The highest BCUT2D eigenvalue weighted by Gasteiger charge is 2.00. The van der Waals surface area contributed by atoms with E-state index in [1.165, 1.54) is 10.9 Å². The minimum atomic E-state index is 0.662. The van der Waals surface area contributed by atoms with Crippen LogP contribution in [0, 0.1) is 0 Å². The number of ether oxygens (including phenoxy) is 2. The lowest BCUT2D eigenvalue weighted by molar-refractivity contribution is 0.0695. The fourth-order valence-electron chi connectivity index (χ4n) is 2.08. The second kappa shape index (κ2) is 8.64. The number of fused-ring (bicyclic) bond motifs is 1. The van der Waals surface area contributed by atoms with Gasteiger partial charge in [-0.2, -0.15) is 0 Å². The van der Waals surface area contributed by atoms with Crippen LogP contribution in [-0.2, 0) is 16.0 Å². The second-order valence-electron chi connectivity index (χ2n) is 4.63. The Hall–Kier alpha value is -1.49. The quantitative estimate of drug-likeness (QED) is 0.713. The molecule has 4 nitrogen and oxygen atoms in total. The molecular weight excluding hydrogens is 252 g/mol. The molecule has 1 aromatic heterocycles. The second-order valence-corrected chi connectivity index (χ2v) is 4.63. The molecule has 0 amide bonds. The average molecular weight is 274 g/mol. The fraction of sp³-hybridized carbons (Fsp3) is 0.438. The lowest BCUT2D eigenvalue weighted by Gasteiger charge is -2.08. The Morgan fingerprint density at radius 2 is 2.00 bits per heavy atom. The zero-order valence-corrected chi connectivity index (χ0v) is 12.0. The summed E-state index contributed by atoms with van der Waals surface area (Å²) in [7, 11) is 1.68. The lowest BCUT2D eigenvalue weighted by atomic mass is 10.1. The third kappa shape index (κ3) is 4.56. The van der Waals surface area contributed by atoms with Crippen LogP contribution in [0.15, 0.2) is 36.5 Å². The van der Waals surface area contributed by atoms with E-state index in [0.717, 1.165) is 31.6 Å². The molecule has 1 N–H and O–H groups in total. The molecule has 0 aliphatic heterocycles. The van der Waals surface area contributed by atoms with Gasteiger partial charge in [0.05, 0.1) is 18.7 Å². The van der Waals surface area contributed by atoms with Gasteiger partial charge in [-0.05, 0) is 24.6 Å². The Balaban J connectivity index is 1.71. The summed E-state index contributed by atoms with van der Waals surface area (Å²) in [6.07, 6.45) is 2.84. The number of hydrogen-bond donors (Lipinski definition) is 1. The van der Waals surface area contributed by atoms with Crippen molar-refractivity contribution in [1.29, 1.82) is 0 Å². The van der Waals surface area contributed by atoms with E-state index < -0.39 is 0 Å². The molecule has 4 heteroatoms. The van der Waals surface area contributed by atoms with Crippen LogP contribution in [0.2, 0.25) is 0 Å². The van der Waals surface area contributed by atoms with Gasteiger partial charge in [-0.3, -0.25) is 4.98 Å². The van der Waals surface area contributed by atoms with Gasteiger partial charge in [-0.1, -0.05) is 24.3 Å². The molecule has 2 rings (SSSR count). The predicted octanol–water partition coefficient (Wildman–Crippen LogP) is 2.38. The summed E-state index contributed by atoms with van der Waals surface area (Å²) in [6, 6.07) is 10.4. The first-order chi connectivity index (χ1) is 9.92. The molecule has 108 valence electrons. The van der Waals surface area contributed by atoms with Gasteiger partial charge in [-0.15, -0.1) is 0 Å². The zero-order valence-electron chi connectivity index (χ0n) is 12.0. The molecular formula is C16H22N2O2. The molecule has 0 atom stereocenters. The maximum Gasteiger partial charge on any atom is 0.0746 e. The Morgan fingerprint density at radius 3 is 2.90 bits per heavy atom. The molecule has 0 aliphatic carbocycles. The molecule has 2 aromatic rings. The van der Waals surface area contributed by atoms with E-state index in [2.05, 4.69) is 34.6 Å². The van der Waals surface area contributed by atoms with Crippen LogP contribution in [0.1, 0.15) is 12.0 Å². The number of aromatic nitrogens is 1. The van der Waals surface area contributed by atoms with Gasteiger partial charge < -0.3 is 14.8 Å². The van der Waals surface area contributed by atoms with Gasteiger partial charge in [0.25, 0.3) is 0 Å². The summed E-state index contributed by atoms with van der Waals surface area (Å²) in [4.78, 5) is 4.45. The normalized spacial score (nSPS) is 11.1. The molecule has 0 fully saturated rings. The SMILES string of the molecule is COCCOCCCNCc1cccc2cccnc12. The third-order valence-corrected chi connectivity index (χ3v) is 3.11. The topological polar surface area (TPSA) is 43.4 Å². The number of rotatable bonds is 9. The lowest BCUT2D eigenvalue weighted by Crippen LogP contribution is -2.17. The Labute approximate surface area is 120 Å². The molecule has 1 aromatic carbocycles. The maximum absolute atomic E-state index is 5.42. The van der Waals surface area contributed by atoms with Crippen LogP contribution in [-0.4, -0.2) is 38.5 Å². The molecule has 0 saturated carbocycles. The van der Waals surface area contributed by atoms with Gasteiger partial charge in [-0.25, -0.2) is 0 Å². The number of benzene rings is 1. The Kier molecular flexibility index (Phi) is 6.44. The molecule has 20 heavy (non-hydrogen) atoms. The van der Waals surface area contributed by atoms with Gasteiger partial charge in [0.15, 0.2) is 0 Å². The minimum Gasteiger partial charge on any atom is -0.382 e. The third-order valence-electron chi connectivity index (χ3n) is 3.11. The van der Waals surface area contributed by atoms with Crippen LogP contribution in [0.4, 0.5) is 0 Å². The molecule has 1 heterocycles. The summed E-state index contributed by atoms with van der Waals surface area (Å²) in [5.74, 6) is 0. The first-order valence-corrected chi connectivity index (χ1v) is 7.02. The summed E-state index contributed by atoms with van der Waals surface area (Å²) in [5.41, 5.74) is 2.32.